The zero-order valence-electron chi connectivity index (χ0n) is 21.0. The molecule has 0 aliphatic heterocycles. The van der Waals surface area contributed by atoms with Crippen LogP contribution in [0.1, 0.15) is 105 Å². The third-order valence-electron chi connectivity index (χ3n) is 10.7. The van der Waals surface area contributed by atoms with Gasteiger partial charge in [0.25, 0.3) is 0 Å². The summed E-state index contributed by atoms with van der Waals surface area (Å²) in [6, 6.07) is 0. The van der Waals surface area contributed by atoms with Gasteiger partial charge in [-0.25, -0.2) is 8.78 Å². The van der Waals surface area contributed by atoms with Crippen LogP contribution < -0.4 is 0 Å². The fourth-order valence-corrected chi connectivity index (χ4v) is 8.95. The summed E-state index contributed by atoms with van der Waals surface area (Å²) in [6.45, 7) is 10.2. The lowest BCUT2D eigenvalue weighted by Crippen LogP contribution is -2.52. The molecule has 3 fully saturated rings. The van der Waals surface area contributed by atoms with Gasteiger partial charge in [0, 0.05) is 6.42 Å². The highest BCUT2D eigenvalue weighted by molar-refractivity contribution is 5.26. The van der Waals surface area contributed by atoms with Crippen LogP contribution in [0.3, 0.4) is 0 Å². The summed E-state index contributed by atoms with van der Waals surface area (Å²) in [4.78, 5) is 0. The third-order valence-corrected chi connectivity index (χ3v) is 10.7. The Bertz CT molecular complexity index is 725. The van der Waals surface area contributed by atoms with E-state index < -0.39 is 24.0 Å². The average Bonchev–Trinajstić information content (AvgIpc) is 3.02. The second-order valence-electron chi connectivity index (χ2n) is 13.1. The van der Waals surface area contributed by atoms with E-state index in [0.29, 0.717) is 23.7 Å². The van der Waals surface area contributed by atoms with Gasteiger partial charge < -0.3 is 10.2 Å². The Hall–Kier alpha value is -0.480. The van der Waals surface area contributed by atoms with Gasteiger partial charge in [-0.15, -0.1) is 0 Å². The van der Waals surface area contributed by atoms with E-state index in [4.69, 9.17) is 0 Å². The first-order valence-corrected chi connectivity index (χ1v) is 13.2. The highest BCUT2D eigenvalue weighted by Gasteiger charge is 2.59. The maximum atomic E-state index is 13.3. The molecule has 0 aromatic carbocycles. The second kappa shape index (κ2) is 8.33. The highest BCUT2D eigenvalue weighted by Crippen LogP contribution is 2.67. The lowest BCUT2D eigenvalue weighted by Gasteiger charge is -2.59. The summed E-state index contributed by atoms with van der Waals surface area (Å²) in [5.41, 5.74) is 1.57. The molecular formula is C28H46F2O2. The molecule has 0 heterocycles. The molecular weight excluding hydrogens is 406 g/mol. The standard InChI is InChI=1S/C28H46F2O2/c1-18(6-8-20(31)17-28(5,29)30)22-10-11-23-21-9-7-19-16-25(2,32)14-15-26(19,3)24(21)12-13-27(22,23)4/h7,18,20-24,31-32H,6,8-17H2,1-5H3/t18-,20+,21+,22-,23+,24+,25+,26+,27-/m1/s1. The van der Waals surface area contributed by atoms with Gasteiger partial charge in [0.05, 0.1) is 11.7 Å². The van der Waals surface area contributed by atoms with Crippen LogP contribution in [-0.2, 0) is 0 Å². The molecule has 0 bridgehead atoms. The highest BCUT2D eigenvalue weighted by atomic mass is 19.3. The van der Waals surface area contributed by atoms with Gasteiger partial charge in [-0.05, 0) is 118 Å². The molecule has 0 unspecified atom stereocenters. The number of hydrogen-bond acceptors (Lipinski definition) is 2. The molecule has 4 heteroatoms. The maximum Gasteiger partial charge on any atom is 0.247 e. The predicted molar refractivity (Wildman–Crippen MR) is 125 cm³/mol. The van der Waals surface area contributed by atoms with Gasteiger partial charge in [-0.3, -0.25) is 0 Å². The zero-order chi connectivity index (χ0) is 23.5. The van der Waals surface area contributed by atoms with E-state index in [1.807, 2.05) is 6.92 Å². The molecule has 0 spiro atoms. The first kappa shape index (κ1) is 24.6. The lowest BCUT2D eigenvalue weighted by atomic mass is 9.46. The molecule has 32 heavy (non-hydrogen) atoms. The SMILES string of the molecule is C[C@H](CC[C@H](O)CC(C)(F)F)[C@H]1CC[C@H]2[C@@H]3CC=C4C[C@@](C)(O)CC[C@]4(C)[C@H]3CC[C@]12C. The van der Waals surface area contributed by atoms with Crippen molar-refractivity contribution in [1.29, 1.82) is 0 Å². The molecule has 0 aromatic rings. The lowest BCUT2D eigenvalue weighted by molar-refractivity contribution is -0.0714. The number of hydrogen-bond donors (Lipinski definition) is 2. The minimum atomic E-state index is -2.79. The van der Waals surface area contributed by atoms with Crippen LogP contribution in [0.25, 0.3) is 0 Å². The molecule has 184 valence electrons. The van der Waals surface area contributed by atoms with Crippen molar-refractivity contribution in [3.05, 3.63) is 11.6 Å². The van der Waals surface area contributed by atoms with Gasteiger partial charge in [0.1, 0.15) is 0 Å². The van der Waals surface area contributed by atoms with Crippen LogP contribution in [0.4, 0.5) is 8.78 Å². The fourth-order valence-electron chi connectivity index (χ4n) is 8.95. The van der Waals surface area contributed by atoms with Crippen LogP contribution >= 0.6 is 0 Å². The topological polar surface area (TPSA) is 40.5 Å². The summed E-state index contributed by atoms with van der Waals surface area (Å²) < 4.78 is 26.5. The van der Waals surface area contributed by atoms with Crippen LogP contribution in [0.5, 0.6) is 0 Å². The van der Waals surface area contributed by atoms with Crippen LogP contribution in [0.2, 0.25) is 0 Å². The Morgan fingerprint density at radius 1 is 1.06 bits per heavy atom. The summed E-state index contributed by atoms with van der Waals surface area (Å²) in [5.74, 6) is 0.536. The van der Waals surface area contributed by atoms with Crippen LogP contribution in [-0.4, -0.2) is 27.8 Å². The number of aliphatic hydroxyl groups excluding tert-OH is 1. The molecule has 9 atom stereocenters. The van der Waals surface area contributed by atoms with E-state index in [2.05, 4.69) is 26.8 Å². The number of allylic oxidation sites excluding steroid dienone is 1. The number of halogens is 2. The van der Waals surface area contributed by atoms with Crippen molar-refractivity contribution in [2.75, 3.05) is 0 Å². The van der Waals surface area contributed by atoms with Crippen molar-refractivity contribution < 1.29 is 19.0 Å². The predicted octanol–water partition coefficient (Wildman–Crippen LogP) is 7.14. The van der Waals surface area contributed by atoms with Crippen molar-refractivity contribution in [1.82, 2.24) is 0 Å². The minimum Gasteiger partial charge on any atom is -0.393 e. The molecule has 0 radical (unpaired) electrons. The molecule has 4 aliphatic rings. The van der Waals surface area contributed by atoms with E-state index in [9.17, 15) is 19.0 Å². The smallest absolute Gasteiger partial charge is 0.247 e. The summed E-state index contributed by atoms with van der Waals surface area (Å²) in [7, 11) is 0. The van der Waals surface area contributed by atoms with Gasteiger partial charge in [0.2, 0.25) is 5.92 Å². The summed E-state index contributed by atoms with van der Waals surface area (Å²) in [5, 5.41) is 20.8. The van der Waals surface area contributed by atoms with Gasteiger partial charge in [0.15, 0.2) is 0 Å². The first-order chi connectivity index (χ1) is 14.8. The maximum absolute atomic E-state index is 13.3. The quantitative estimate of drug-likeness (QED) is 0.421. The fraction of sp³-hybridized carbons (Fsp3) is 0.929. The third kappa shape index (κ3) is 4.44. The van der Waals surface area contributed by atoms with E-state index in [0.717, 1.165) is 56.8 Å². The Morgan fingerprint density at radius 2 is 1.78 bits per heavy atom. The molecule has 0 saturated heterocycles. The average molecular weight is 453 g/mol. The first-order valence-electron chi connectivity index (χ1n) is 13.2. The van der Waals surface area contributed by atoms with Crippen molar-refractivity contribution in [3.63, 3.8) is 0 Å². The largest absolute Gasteiger partial charge is 0.393 e. The Kier molecular flexibility index (Phi) is 6.41. The van der Waals surface area contributed by atoms with Crippen LogP contribution in [0, 0.1) is 40.4 Å². The van der Waals surface area contributed by atoms with E-state index in [-0.39, 0.29) is 5.41 Å². The van der Waals surface area contributed by atoms with E-state index in [1.165, 1.54) is 31.3 Å². The Labute approximate surface area is 194 Å². The van der Waals surface area contributed by atoms with Gasteiger partial charge in [-0.1, -0.05) is 32.4 Å². The van der Waals surface area contributed by atoms with E-state index >= 15 is 0 Å². The van der Waals surface area contributed by atoms with Crippen molar-refractivity contribution in [2.24, 2.45) is 40.4 Å². The van der Waals surface area contributed by atoms with E-state index in [1.54, 1.807) is 0 Å². The molecule has 0 amide bonds. The van der Waals surface area contributed by atoms with Crippen LogP contribution in [0.15, 0.2) is 11.6 Å². The summed E-state index contributed by atoms with van der Waals surface area (Å²) in [6.07, 6.45) is 11.6. The monoisotopic (exact) mass is 452 g/mol. The number of aliphatic hydroxyl groups is 2. The van der Waals surface area contributed by atoms with Crippen molar-refractivity contribution >= 4 is 0 Å². The van der Waals surface area contributed by atoms with Gasteiger partial charge >= 0.3 is 0 Å². The zero-order valence-corrected chi connectivity index (χ0v) is 21.0. The number of fused-ring (bicyclic) bond motifs is 5. The Balaban J connectivity index is 1.44. The van der Waals surface area contributed by atoms with Gasteiger partial charge in [-0.2, -0.15) is 0 Å². The molecule has 3 saturated carbocycles. The number of alkyl halides is 2. The molecule has 0 aromatic heterocycles. The normalized spacial score (nSPS) is 46.0. The Morgan fingerprint density at radius 3 is 2.47 bits per heavy atom. The molecule has 2 N–H and O–H groups in total. The molecule has 4 aliphatic carbocycles. The van der Waals surface area contributed by atoms with Crippen molar-refractivity contribution in [2.45, 2.75) is 123 Å². The molecule has 4 rings (SSSR count). The summed E-state index contributed by atoms with van der Waals surface area (Å²) >= 11 is 0. The minimum absolute atomic E-state index is 0.256. The van der Waals surface area contributed by atoms with Crippen molar-refractivity contribution in [3.8, 4) is 0 Å². The number of rotatable bonds is 6. The molecule has 2 nitrogen and oxygen atoms in total. The second-order valence-corrected chi connectivity index (χ2v) is 13.1.